The van der Waals surface area contributed by atoms with Crippen LogP contribution in [-0.2, 0) is 5.41 Å². The maximum absolute atomic E-state index is 10.0. The van der Waals surface area contributed by atoms with Gasteiger partial charge in [0, 0.05) is 11.6 Å². The molecule has 0 saturated heterocycles. The van der Waals surface area contributed by atoms with Crippen molar-refractivity contribution >= 4 is 17.3 Å². The molecule has 2 aromatic rings. The van der Waals surface area contributed by atoms with E-state index in [1.807, 2.05) is 54.6 Å². The van der Waals surface area contributed by atoms with Crippen LogP contribution in [0.1, 0.15) is 31.9 Å². The minimum absolute atomic E-state index is 0.105. The lowest BCUT2D eigenvalue weighted by molar-refractivity contribution is 0.512. The molecule has 3 heteroatoms. The van der Waals surface area contributed by atoms with E-state index >= 15 is 0 Å². The maximum atomic E-state index is 10.0. The predicted molar refractivity (Wildman–Crippen MR) is 93.5 cm³/mol. The van der Waals surface area contributed by atoms with Gasteiger partial charge in [-0.1, -0.05) is 63.2 Å². The summed E-state index contributed by atoms with van der Waals surface area (Å²) < 4.78 is 0. The van der Waals surface area contributed by atoms with Crippen molar-refractivity contribution in [2.75, 3.05) is 0 Å². The number of rotatable bonds is 3. The van der Waals surface area contributed by atoms with Crippen molar-refractivity contribution in [1.29, 1.82) is 0 Å². The molecule has 2 aromatic carbocycles. The minimum atomic E-state index is 0.105. The standard InChI is InChI=1S/C19H22N2O/c1-19(2,3)15-9-11-16(12-10-15)21-18(20)13-17(22)14-7-5-4-6-8-14/h4-13,22H,1-3H3,(H2,20,21)/b17-13-. The zero-order chi connectivity index (χ0) is 16.2. The number of amidine groups is 1. The van der Waals surface area contributed by atoms with Gasteiger partial charge in [-0.25, -0.2) is 4.99 Å². The number of benzene rings is 2. The average molecular weight is 294 g/mol. The highest BCUT2D eigenvalue weighted by Gasteiger charge is 2.12. The van der Waals surface area contributed by atoms with Gasteiger partial charge in [0.1, 0.15) is 11.6 Å². The Bertz CT molecular complexity index is 678. The third-order valence-corrected chi connectivity index (χ3v) is 3.35. The van der Waals surface area contributed by atoms with E-state index in [4.69, 9.17) is 5.73 Å². The van der Waals surface area contributed by atoms with Gasteiger partial charge in [0.15, 0.2) is 0 Å². The fourth-order valence-corrected chi connectivity index (χ4v) is 2.05. The first-order valence-electron chi connectivity index (χ1n) is 7.27. The molecule has 0 aliphatic heterocycles. The summed E-state index contributed by atoms with van der Waals surface area (Å²) >= 11 is 0. The van der Waals surface area contributed by atoms with Crippen LogP contribution in [0.15, 0.2) is 65.7 Å². The zero-order valence-corrected chi connectivity index (χ0v) is 13.2. The van der Waals surface area contributed by atoms with Crippen LogP contribution in [0.5, 0.6) is 0 Å². The van der Waals surface area contributed by atoms with E-state index < -0.39 is 0 Å². The summed E-state index contributed by atoms with van der Waals surface area (Å²) in [7, 11) is 0. The zero-order valence-electron chi connectivity index (χ0n) is 13.2. The number of aliphatic hydroxyl groups is 1. The van der Waals surface area contributed by atoms with Gasteiger partial charge in [-0.2, -0.15) is 0 Å². The minimum Gasteiger partial charge on any atom is -0.507 e. The molecule has 0 aromatic heterocycles. The first-order valence-corrected chi connectivity index (χ1v) is 7.27. The Morgan fingerprint density at radius 2 is 1.59 bits per heavy atom. The second-order valence-electron chi connectivity index (χ2n) is 6.23. The highest BCUT2D eigenvalue weighted by Crippen LogP contribution is 2.24. The molecule has 0 radical (unpaired) electrons. The summed E-state index contributed by atoms with van der Waals surface area (Å²) in [4.78, 5) is 4.31. The van der Waals surface area contributed by atoms with Crippen LogP contribution >= 0.6 is 0 Å². The fraction of sp³-hybridized carbons (Fsp3) is 0.211. The average Bonchev–Trinajstić information content (AvgIpc) is 2.47. The van der Waals surface area contributed by atoms with Crippen LogP contribution < -0.4 is 5.73 Å². The van der Waals surface area contributed by atoms with Crippen LogP contribution in [0.2, 0.25) is 0 Å². The van der Waals surface area contributed by atoms with E-state index in [1.165, 1.54) is 11.6 Å². The van der Waals surface area contributed by atoms with Crippen molar-refractivity contribution in [3.8, 4) is 0 Å². The first-order chi connectivity index (χ1) is 10.4. The van der Waals surface area contributed by atoms with Crippen molar-refractivity contribution in [2.24, 2.45) is 10.7 Å². The van der Waals surface area contributed by atoms with E-state index in [0.29, 0.717) is 5.56 Å². The molecule has 0 atom stereocenters. The largest absolute Gasteiger partial charge is 0.507 e. The molecule has 0 spiro atoms. The third-order valence-electron chi connectivity index (χ3n) is 3.35. The molecule has 3 N–H and O–H groups in total. The van der Waals surface area contributed by atoms with Crippen molar-refractivity contribution in [2.45, 2.75) is 26.2 Å². The van der Waals surface area contributed by atoms with Gasteiger partial charge in [-0.05, 0) is 23.1 Å². The van der Waals surface area contributed by atoms with Crippen molar-refractivity contribution in [3.63, 3.8) is 0 Å². The molecular formula is C19H22N2O. The number of nitrogens with two attached hydrogens (primary N) is 1. The van der Waals surface area contributed by atoms with Gasteiger partial charge in [-0.15, -0.1) is 0 Å². The Hall–Kier alpha value is -2.55. The van der Waals surface area contributed by atoms with Crippen LogP contribution in [0.3, 0.4) is 0 Å². The number of hydrogen-bond acceptors (Lipinski definition) is 2. The molecule has 2 rings (SSSR count). The predicted octanol–water partition coefficient (Wildman–Crippen LogP) is 4.57. The normalized spacial score (nSPS) is 13.2. The summed E-state index contributed by atoms with van der Waals surface area (Å²) in [6.07, 6.45) is 1.47. The Morgan fingerprint density at radius 1 is 1.00 bits per heavy atom. The van der Waals surface area contributed by atoms with Crippen molar-refractivity contribution < 1.29 is 5.11 Å². The van der Waals surface area contributed by atoms with Crippen LogP contribution in [0, 0.1) is 0 Å². The van der Waals surface area contributed by atoms with Crippen LogP contribution in [0.4, 0.5) is 5.69 Å². The van der Waals surface area contributed by atoms with E-state index in [1.54, 1.807) is 0 Å². The molecule has 0 bridgehead atoms. The van der Waals surface area contributed by atoms with E-state index in [9.17, 15) is 5.11 Å². The first kappa shape index (κ1) is 15.8. The lowest BCUT2D eigenvalue weighted by Gasteiger charge is -2.18. The molecule has 114 valence electrons. The van der Waals surface area contributed by atoms with Crippen LogP contribution in [0.25, 0.3) is 5.76 Å². The SMILES string of the molecule is CC(C)(C)c1ccc(N=C(N)/C=C(\O)c2ccccc2)cc1. The van der Waals surface area contributed by atoms with Gasteiger partial charge in [0.2, 0.25) is 0 Å². The number of aliphatic hydroxyl groups excluding tert-OH is 1. The molecule has 0 fully saturated rings. The van der Waals surface area contributed by atoms with Gasteiger partial charge in [0.25, 0.3) is 0 Å². The van der Waals surface area contributed by atoms with Gasteiger partial charge in [0.05, 0.1) is 5.69 Å². The molecule has 0 aliphatic carbocycles. The third kappa shape index (κ3) is 4.22. The molecule has 0 saturated carbocycles. The van der Waals surface area contributed by atoms with Crippen molar-refractivity contribution in [3.05, 3.63) is 71.8 Å². The number of nitrogens with zero attached hydrogens (tertiary/aromatic N) is 1. The smallest absolute Gasteiger partial charge is 0.127 e. The second-order valence-corrected chi connectivity index (χ2v) is 6.23. The fourth-order valence-electron chi connectivity index (χ4n) is 2.05. The van der Waals surface area contributed by atoms with Gasteiger partial charge < -0.3 is 10.8 Å². The van der Waals surface area contributed by atoms with E-state index in [0.717, 1.165) is 5.69 Å². The molecule has 0 aliphatic rings. The summed E-state index contributed by atoms with van der Waals surface area (Å²) in [5.74, 6) is 0.373. The summed E-state index contributed by atoms with van der Waals surface area (Å²) in [6, 6.07) is 17.2. The molecule has 22 heavy (non-hydrogen) atoms. The van der Waals surface area contributed by atoms with E-state index in [2.05, 4.69) is 25.8 Å². The van der Waals surface area contributed by atoms with Gasteiger partial charge >= 0.3 is 0 Å². The highest BCUT2D eigenvalue weighted by molar-refractivity contribution is 5.98. The van der Waals surface area contributed by atoms with E-state index in [-0.39, 0.29) is 17.0 Å². The van der Waals surface area contributed by atoms with Gasteiger partial charge in [-0.3, -0.25) is 0 Å². The highest BCUT2D eigenvalue weighted by atomic mass is 16.3. The Morgan fingerprint density at radius 3 is 2.14 bits per heavy atom. The lowest BCUT2D eigenvalue weighted by Crippen LogP contribution is -2.10. The Kier molecular flexibility index (Phi) is 4.66. The maximum Gasteiger partial charge on any atom is 0.127 e. The van der Waals surface area contributed by atoms with Crippen molar-refractivity contribution in [1.82, 2.24) is 0 Å². The molecule has 3 nitrogen and oxygen atoms in total. The monoisotopic (exact) mass is 294 g/mol. The lowest BCUT2D eigenvalue weighted by atomic mass is 9.87. The summed E-state index contributed by atoms with van der Waals surface area (Å²) in [5.41, 5.74) is 8.71. The summed E-state index contributed by atoms with van der Waals surface area (Å²) in [6.45, 7) is 6.50. The molecule has 0 unspecified atom stereocenters. The Balaban J connectivity index is 2.19. The topological polar surface area (TPSA) is 58.6 Å². The molecule has 0 amide bonds. The molecule has 0 heterocycles. The number of hydrogen-bond donors (Lipinski definition) is 2. The van der Waals surface area contributed by atoms with Crippen LogP contribution in [-0.4, -0.2) is 10.9 Å². The second kappa shape index (κ2) is 6.48. The Labute approximate surface area is 131 Å². The molecular weight excluding hydrogens is 272 g/mol. The quantitative estimate of drug-likeness (QED) is 0.495. The number of aliphatic imine (C=N–C) groups is 1. The summed E-state index contributed by atoms with van der Waals surface area (Å²) in [5, 5.41) is 10.0.